The molecular weight excluding hydrogens is 445 g/mol. The Hall–Kier alpha value is -2.49. The molecule has 1 N–H and O–H groups in total. The van der Waals surface area contributed by atoms with Crippen LogP contribution in [0.25, 0.3) is 0 Å². The molecule has 2 rings (SSSR count). The van der Waals surface area contributed by atoms with Gasteiger partial charge < -0.3 is 19.5 Å². The van der Waals surface area contributed by atoms with E-state index in [4.69, 9.17) is 37.4 Å². The standard InChI is InChI=1S/C18H17Cl2NO7S/c1-26-14-8-15(27-2)13(7-12(14)20)21-17(22)9-28-18(23)10-4-5-11(19)16(6-10)29(3,24)25/h4-8H,9H2,1-3H3,(H,21,22). The Bertz CT molecular complexity index is 1050. The van der Waals surface area contributed by atoms with Crippen LogP contribution < -0.4 is 14.8 Å². The minimum absolute atomic E-state index is 0.0229. The molecule has 0 bridgehead atoms. The number of hydrogen-bond acceptors (Lipinski definition) is 7. The number of carbonyl (C=O) groups excluding carboxylic acids is 2. The Morgan fingerprint density at radius 3 is 2.24 bits per heavy atom. The average Bonchev–Trinajstić information content (AvgIpc) is 2.65. The van der Waals surface area contributed by atoms with E-state index in [1.54, 1.807) is 0 Å². The summed E-state index contributed by atoms with van der Waals surface area (Å²) in [5.74, 6) is -0.893. The summed E-state index contributed by atoms with van der Waals surface area (Å²) in [6.07, 6.45) is 0.962. The maximum absolute atomic E-state index is 12.2. The Kier molecular flexibility index (Phi) is 7.34. The van der Waals surface area contributed by atoms with E-state index in [-0.39, 0.29) is 26.2 Å². The largest absolute Gasteiger partial charge is 0.495 e. The van der Waals surface area contributed by atoms with Gasteiger partial charge >= 0.3 is 5.97 Å². The Labute approximate surface area is 177 Å². The van der Waals surface area contributed by atoms with Crippen LogP contribution in [0.3, 0.4) is 0 Å². The molecule has 0 radical (unpaired) electrons. The van der Waals surface area contributed by atoms with Crippen LogP contribution in [-0.2, 0) is 19.4 Å². The number of methoxy groups -OCH3 is 2. The number of esters is 1. The summed E-state index contributed by atoms with van der Waals surface area (Å²) in [6.45, 7) is -0.623. The summed E-state index contributed by atoms with van der Waals surface area (Å²) in [4.78, 5) is 24.1. The molecule has 0 heterocycles. The van der Waals surface area contributed by atoms with Crippen molar-refractivity contribution in [3.05, 3.63) is 45.9 Å². The first-order chi connectivity index (χ1) is 13.6. The van der Waals surface area contributed by atoms with E-state index in [2.05, 4.69) is 5.32 Å². The third kappa shape index (κ3) is 5.75. The summed E-state index contributed by atoms with van der Waals surface area (Å²) in [6, 6.07) is 6.56. The molecule has 0 unspecified atom stereocenters. The van der Waals surface area contributed by atoms with Gasteiger partial charge in [0.15, 0.2) is 16.4 Å². The highest BCUT2D eigenvalue weighted by Crippen LogP contribution is 2.35. The summed E-state index contributed by atoms with van der Waals surface area (Å²) in [7, 11) is -0.799. The third-order valence-corrected chi connectivity index (χ3v) is 5.52. The molecule has 0 atom stereocenters. The number of sulfone groups is 1. The molecule has 0 fully saturated rings. The Morgan fingerprint density at radius 2 is 1.66 bits per heavy atom. The van der Waals surface area contributed by atoms with E-state index < -0.39 is 28.3 Å². The van der Waals surface area contributed by atoms with E-state index in [1.807, 2.05) is 0 Å². The molecule has 156 valence electrons. The predicted octanol–water partition coefficient (Wildman–Crippen LogP) is 3.21. The zero-order chi connectivity index (χ0) is 21.8. The number of rotatable bonds is 7. The van der Waals surface area contributed by atoms with Gasteiger partial charge in [-0.1, -0.05) is 23.2 Å². The topological polar surface area (TPSA) is 108 Å². The van der Waals surface area contributed by atoms with E-state index in [0.29, 0.717) is 11.5 Å². The van der Waals surface area contributed by atoms with Gasteiger partial charge in [-0.25, -0.2) is 13.2 Å². The smallest absolute Gasteiger partial charge is 0.338 e. The molecule has 0 spiro atoms. The normalized spacial score (nSPS) is 10.9. The SMILES string of the molecule is COc1cc(OC)c(NC(=O)COC(=O)c2ccc(Cl)c(S(C)(=O)=O)c2)cc1Cl. The van der Waals surface area contributed by atoms with E-state index in [1.165, 1.54) is 38.5 Å². The molecule has 8 nitrogen and oxygen atoms in total. The lowest BCUT2D eigenvalue weighted by Crippen LogP contribution is -2.21. The van der Waals surface area contributed by atoms with Gasteiger partial charge in [-0.05, 0) is 24.3 Å². The monoisotopic (exact) mass is 461 g/mol. The summed E-state index contributed by atoms with van der Waals surface area (Å²) >= 11 is 11.9. The summed E-state index contributed by atoms with van der Waals surface area (Å²) in [5, 5.41) is 2.73. The van der Waals surface area contributed by atoms with Crippen molar-refractivity contribution >= 4 is 50.6 Å². The minimum atomic E-state index is -3.63. The van der Waals surface area contributed by atoms with Gasteiger partial charge in [-0.3, -0.25) is 4.79 Å². The summed E-state index contributed by atoms with van der Waals surface area (Å²) in [5.41, 5.74) is 0.193. The van der Waals surface area contributed by atoms with Gasteiger partial charge in [0.2, 0.25) is 0 Å². The van der Waals surface area contributed by atoms with Crippen molar-refractivity contribution in [1.82, 2.24) is 0 Å². The zero-order valence-electron chi connectivity index (χ0n) is 15.6. The maximum Gasteiger partial charge on any atom is 0.338 e. The van der Waals surface area contributed by atoms with E-state index >= 15 is 0 Å². The molecule has 2 aromatic rings. The van der Waals surface area contributed by atoms with Gasteiger partial charge in [0.25, 0.3) is 5.91 Å². The number of anilines is 1. The fourth-order valence-electron chi connectivity index (χ4n) is 2.27. The van der Waals surface area contributed by atoms with Crippen molar-refractivity contribution in [3.63, 3.8) is 0 Å². The Balaban J connectivity index is 2.08. The molecule has 0 aliphatic carbocycles. The molecule has 0 saturated carbocycles. The number of halogens is 2. The Morgan fingerprint density at radius 1 is 1.00 bits per heavy atom. The third-order valence-electron chi connectivity index (χ3n) is 3.65. The maximum atomic E-state index is 12.2. The number of ether oxygens (including phenoxy) is 3. The fraction of sp³-hybridized carbons (Fsp3) is 0.222. The van der Waals surface area contributed by atoms with Crippen molar-refractivity contribution in [2.24, 2.45) is 0 Å². The molecule has 29 heavy (non-hydrogen) atoms. The fourth-order valence-corrected chi connectivity index (χ4v) is 3.82. The molecule has 0 aliphatic rings. The van der Waals surface area contributed by atoms with Crippen LogP contribution in [0, 0.1) is 0 Å². The van der Waals surface area contributed by atoms with Gasteiger partial charge in [-0.2, -0.15) is 0 Å². The highest BCUT2D eigenvalue weighted by molar-refractivity contribution is 7.90. The first kappa shape index (κ1) is 22.8. The highest BCUT2D eigenvalue weighted by Gasteiger charge is 2.18. The molecule has 2 aromatic carbocycles. The molecular formula is C18H17Cl2NO7S. The first-order valence-electron chi connectivity index (χ1n) is 7.95. The predicted molar refractivity (Wildman–Crippen MR) is 108 cm³/mol. The minimum Gasteiger partial charge on any atom is -0.495 e. The lowest BCUT2D eigenvalue weighted by molar-refractivity contribution is -0.119. The lowest BCUT2D eigenvalue weighted by Gasteiger charge is -2.13. The van der Waals surface area contributed by atoms with Gasteiger partial charge in [0.05, 0.1) is 40.4 Å². The molecule has 1 amide bonds. The van der Waals surface area contributed by atoms with E-state index in [0.717, 1.165) is 12.3 Å². The van der Waals surface area contributed by atoms with Crippen molar-refractivity contribution in [1.29, 1.82) is 0 Å². The number of hydrogen-bond donors (Lipinski definition) is 1. The van der Waals surface area contributed by atoms with Gasteiger partial charge in [-0.15, -0.1) is 0 Å². The first-order valence-corrected chi connectivity index (χ1v) is 10.6. The number of carbonyl (C=O) groups is 2. The van der Waals surface area contributed by atoms with Crippen LogP contribution in [0.1, 0.15) is 10.4 Å². The second kappa shape index (κ2) is 9.34. The van der Waals surface area contributed by atoms with Crippen molar-refractivity contribution in [3.8, 4) is 11.5 Å². The number of amides is 1. The molecule has 0 aromatic heterocycles. The van der Waals surface area contributed by atoms with Crippen LogP contribution in [0.15, 0.2) is 35.2 Å². The van der Waals surface area contributed by atoms with Crippen LogP contribution in [-0.4, -0.2) is 47.4 Å². The molecule has 0 saturated heterocycles. The van der Waals surface area contributed by atoms with Crippen LogP contribution in [0.5, 0.6) is 11.5 Å². The molecule has 0 aliphatic heterocycles. The second-order valence-corrected chi connectivity index (χ2v) is 8.53. The zero-order valence-corrected chi connectivity index (χ0v) is 17.9. The second-order valence-electron chi connectivity index (χ2n) is 5.73. The van der Waals surface area contributed by atoms with Crippen LogP contribution >= 0.6 is 23.2 Å². The quantitative estimate of drug-likeness (QED) is 0.630. The molecule has 11 heteroatoms. The summed E-state index contributed by atoms with van der Waals surface area (Å²) < 4.78 is 38.6. The lowest BCUT2D eigenvalue weighted by atomic mass is 10.2. The number of nitrogens with one attached hydrogen (secondary N) is 1. The van der Waals surface area contributed by atoms with Gasteiger partial charge in [0.1, 0.15) is 11.5 Å². The van der Waals surface area contributed by atoms with Gasteiger partial charge in [0, 0.05) is 12.3 Å². The van der Waals surface area contributed by atoms with Crippen molar-refractivity contribution in [2.45, 2.75) is 4.90 Å². The van der Waals surface area contributed by atoms with Crippen molar-refractivity contribution in [2.75, 3.05) is 32.4 Å². The van der Waals surface area contributed by atoms with Crippen LogP contribution in [0.2, 0.25) is 10.0 Å². The average molecular weight is 462 g/mol. The highest BCUT2D eigenvalue weighted by atomic mass is 35.5. The number of benzene rings is 2. The van der Waals surface area contributed by atoms with Crippen LogP contribution in [0.4, 0.5) is 5.69 Å². The van der Waals surface area contributed by atoms with Crippen molar-refractivity contribution < 1.29 is 32.2 Å². The van der Waals surface area contributed by atoms with E-state index in [9.17, 15) is 18.0 Å².